The molecule has 0 aliphatic rings. The van der Waals surface area contributed by atoms with E-state index in [1.807, 2.05) is 0 Å². The Morgan fingerprint density at radius 2 is 1.43 bits per heavy atom. The number of rotatable bonds is 13. The second-order valence-corrected chi connectivity index (χ2v) is 11.5. The van der Waals surface area contributed by atoms with Gasteiger partial charge in [0.25, 0.3) is 5.69 Å². The standard InChI is InChI=1S/C28H30N3O10P/c1-39-26(32)24(29-27(33)40-18-20-9-4-2-5-10-20)15-16-42(37,38)25(22-13-8-14-23(17-22)31(35)36)30-28(34)41-19-21-11-6-3-7-12-21/h2-14,17,24-25H,15-16,18-19H2,1H3,(H,29,33)(H,30,34)(H,37,38)/t24-,25?/m0/s1. The molecule has 3 N–H and O–H groups in total. The molecule has 3 atom stereocenters. The van der Waals surface area contributed by atoms with Crippen molar-refractivity contribution in [3.63, 3.8) is 0 Å². The van der Waals surface area contributed by atoms with Crippen LogP contribution in [0.15, 0.2) is 84.9 Å². The fraction of sp³-hybridized carbons (Fsp3) is 0.250. The van der Waals surface area contributed by atoms with Crippen molar-refractivity contribution in [3.05, 3.63) is 112 Å². The molecule has 2 amide bonds. The molecule has 14 heteroatoms. The Hall–Kier alpha value is -4.74. The first kappa shape index (κ1) is 31.8. The summed E-state index contributed by atoms with van der Waals surface area (Å²) in [6.07, 6.45) is -2.98. The molecule has 0 bridgehead atoms. The predicted octanol–water partition coefficient (Wildman–Crippen LogP) is 4.65. The average Bonchev–Trinajstić information content (AvgIpc) is 3.00. The summed E-state index contributed by atoms with van der Waals surface area (Å²) in [5.41, 5.74) is 0.966. The maximum absolute atomic E-state index is 13.6. The van der Waals surface area contributed by atoms with Gasteiger partial charge in [-0.2, -0.15) is 0 Å². The van der Waals surface area contributed by atoms with E-state index < -0.39 is 48.4 Å². The Bertz CT molecular complexity index is 1420. The van der Waals surface area contributed by atoms with Crippen LogP contribution in [0.4, 0.5) is 15.3 Å². The minimum absolute atomic E-state index is 0.0310. The minimum Gasteiger partial charge on any atom is -0.467 e. The number of nitrogens with one attached hydrogen (secondary N) is 2. The number of carbonyl (C=O) groups excluding carboxylic acids is 3. The fourth-order valence-electron chi connectivity index (χ4n) is 3.84. The van der Waals surface area contributed by atoms with Crippen LogP contribution in [-0.2, 0) is 36.8 Å². The second-order valence-electron chi connectivity index (χ2n) is 9.01. The highest BCUT2D eigenvalue weighted by atomic mass is 31.2. The van der Waals surface area contributed by atoms with Gasteiger partial charge >= 0.3 is 18.2 Å². The maximum atomic E-state index is 13.6. The number of ether oxygens (including phenoxy) is 3. The van der Waals surface area contributed by atoms with Gasteiger partial charge < -0.3 is 29.7 Å². The topological polar surface area (TPSA) is 183 Å². The lowest BCUT2D eigenvalue weighted by atomic mass is 10.2. The van der Waals surface area contributed by atoms with Crippen LogP contribution < -0.4 is 10.6 Å². The molecule has 13 nitrogen and oxygen atoms in total. The SMILES string of the molecule is COC(=O)[C@H](CCP(=O)(O)C(NC(=O)OCc1ccccc1)c1cccc([N+](=O)[O-])c1)NC(=O)OCc1ccccc1. The summed E-state index contributed by atoms with van der Waals surface area (Å²) >= 11 is 0. The third-order valence-electron chi connectivity index (χ3n) is 6.00. The number of hydrogen-bond donors (Lipinski definition) is 3. The lowest BCUT2D eigenvalue weighted by molar-refractivity contribution is -0.384. The summed E-state index contributed by atoms with van der Waals surface area (Å²) in [4.78, 5) is 59.1. The zero-order valence-corrected chi connectivity index (χ0v) is 23.5. The third-order valence-corrected chi connectivity index (χ3v) is 8.13. The number of non-ortho nitro benzene ring substituents is 1. The number of benzene rings is 3. The first-order chi connectivity index (χ1) is 20.1. The molecule has 0 heterocycles. The number of amides is 2. The molecule has 0 saturated carbocycles. The number of alkyl carbamates (subject to hydrolysis) is 2. The van der Waals surface area contributed by atoms with Gasteiger partial charge in [0.15, 0.2) is 0 Å². The summed E-state index contributed by atoms with van der Waals surface area (Å²) in [5, 5.41) is 16.0. The first-order valence-corrected chi connectivity index (χ1v) is 14.6. The van der Waals surface area contributed by atoms with Crippen molar-refractivity contribution in [1.29, 1.82) is 0 Å². The summed E-state index contributed by atoms with van der Waals surface area (Å²) in [6, 6.07) is 21.0. The average molecular weight is 600 g/mol. The van der Waals surface area contributed by atoms with E-state index in [0.29, 0.717) is 11.1 Å². The summed E-state index contributed by atoms with van der Waals surface area (Å²) < 4.78 is 28.7. The van der Waals surface area contributed by atoms with Gasteiger partial charge in [0.2, 0.25) is 7.37 Å². The molecule has 0 aromatic heterocycles. The molecule has 3 rings (SSSR count). The summed E-state index contributed by atoms with van der Waals surface area (Å²) in [7, 11) is -3.38. The van der Waals surface area contributed by atoms with E-state index >= 15 is 0 Å². The van der Waals surface area contributed by atoms with Gasteiger partial charge in [0.05, 0.1) is 12.0 Å². The van der Waals surface area contributed by atoms with E-state index in [9.17, 15) is 34.0 Å². The van der Waals surface area contributed by atoms with E-state index in [-0.39, 0.29) is 30.9 Å². The molecule has 222 valence electrons. The zero-order chi connectivity index (χ0) is 30.5. The summed E-state index contributed by atoms with van der Waals surface area (Å²) in [5.74, 6) is -2.53. The largest absolute Gasteiger partial charge is 0.467 e. The second kappa shape index (κ2) is 15.3. The zero-order valence-electron chi connectivity index (χ0n) is 22.6. The van der Waals surface area contributed by atoms with Gasteiger partial charge in [-0.05, 0) is 23.1 Å². The molecule has 0 spiro atoms. The molecule has 0 saturated heterocycles. The highest BCUT2D eigenvalue weighted by Crippen LogP contribution is 2.55. The first-order valence-electron chi connectivity index (χ1n) is 12.7. The predicted molar refractivity (Wildman–Crippen MR) is 150 cm³/mol. The Morgan fingerprint density at radius 1 is 0.881 bits per heavy atom. The fourth-order valence-corrected chi connectivity index (χ4v) is 5.66. The van der Waals surface area contributed by atoms with Gasteiger partial charge in [-0.15, -0.1) is 0 Å². The van der Waals surface area contributed by atoms with E-state index in [4.69, 9.17) is 14.2 Å². The molecule has 3 aromatic carbocycles. The van der Waals surface area contributed by atoms with E-state index in [1.165, 1.54) is 18.2 Å². The van der Waals surface area contributed by atoms with Gasteiger partial charge in [-0.1, -0.05) is 72.8 Å². The Balaban J connectivity index is 1.74. The van der Waals surface area contributed by atoms with Crippen molar-refractivity contribution in [2.45, 2.75) is 31.5 Å². The van der Waals surface area contributed by atoms with Gasteiger partial charge in [-0.25, -0.2) is 14.4 Å². The molecule has 0 radical (unpaired) electrons. The van der Waals surface area contributed by atoms with Crippen molar-refractivity contribution in [1.82, 2.24) is 10.6 Å². The van der Waals surface area contributed by atoms with Gasteiger partial charge in [0, 0.05) is 18.3 Å². The van der Waals surface area contributed by atoms with E-state index in [2.05, 4.69) is 10.6 Å². The number of hydrogen-bond acceptors (Lipinski definition) is 9. The van der Waals surface area contributed by atoms with Crippen LogP contribution in [-0.4, -0.2) is 47.3 Å². The molecule has 0 fully saturated rings. The van der Waals surface area contributed by atoms with Crippen molar-refractivity contribution < 1.29 is 43.0 Å². The lowest BCUT2D eigenvalue weighted by Crippen LogP contribution is -2.42. The number of methoxy groups -OCH3 is 1. The van der Waals surface area contributed by atoms with Crippen LogP contribution in [0.5, 0.6) is 0 Å². The third kappa shape index (κ3) is 9.72. The highest BCUT2D eigenvalue weighted by Gasteiger charge is 2.37. The maximum Gasteiger partial charge on any atom is 0.408 e. The molecule has 0 aliphatic carbocycles. The Morgan fingerprint density at radius 3 is 1.95 bits per heavy atom. The molecular weight excluding hydrogens is 569 g/mol. The van der Waals surface area contributed by atoms with Crippen molar-refractivity contribution in [2.24, 2.45) is 0 Å². The summed E-state index contributed by atoms with van der Waals surface area (Å²) in [6.45, 7) is -0.216. The highest BCUT2D eigenvalue weighted by molar-refractivity contribution is 7.58. The number of carbonyl (C=O) groups is 3. The van der Waals surface area contributed by atoms with Crippen LogP contribution in [0.25, 0.3) is 0 Å². The van der Waals surface area contributed by atoms with Crippen molar-refractivity contribution in [3.8, 4) is 0 Å². The van der Waals surface area contributed by atoms with Crippen molar-refractivity contribution >= 4 is 31.2 Å². The molecule has 0 aliphatic heterocycles. The van der Waals surface area contributed by atoms with E-state index in [0.717, 1.165) is 13.2 Å². The number of nitro benzene ring substituents is 1. The monoisotopic (exact) mass is 599 g/mol. The Labute approximate surface area is 241 Å². The quantitative estimate of drug-likeness (QED) is 0.0822. The molecule has 3 aromatic rings. The van der Waals surface area contributed by atoms with Crippen LogP contribution in [0.1, 0.15) is 28.9 Å². The van der Waals surface area contributed by atoms with Crippen LogP contribution >= 0.6 is 7.37 Å². The van der Waals surface area contributed by atoms with Crippen LogP contribution in [0, 0.1) is 10.1 Å². The van der Waals surface area contributed by atoms with Crippen LogP contribution in [0.2, 0.25) is 0 Å². The van der Waals surface area contributed by atoms with E-state index in [1.54, 1.807) is 60.7 Å². The number of esters is 1. The number of nitrogens with zero attached hydrogens (tertiary/aromatic N) is 1. The lowest BCUT2D eigenvalue weighted by Gasteiger charge is -2.25. The molecule has 2 unspecified atom stereocenters. The smallest absolute Gasteiger partial charge is 0.408 e. The number of nitro groups is 1. The van der Waals surface area contributed by atoms with Gasteiger partial charge in [-0.3, -0.25) is 14.7 Å². The van der Waals surface area contributed by atoms with Crippen molar-refractivity contribution in [2.75, 3.05) is 13.3 Å². The molecular formula is C28H30N3O10P. The van der Waals surface area contributed by atoms with Crippen LogP contribution in [0.3, 0.4) is 0 Å². The normalized spacial score (nSPS) is 13.5. The molecule has 42 heavy (non-hydrogen) atoms. The Kier molecular flexibility index (Phi) is 11.6. The van der Waals surface area contributed by atoms with Gasteiger partial charge in [0.1, 0.15) is 25.0 Å². The minimum atomic E-state index is -4.47.